The molecule has 0 radical (unpaired) electrons. The van der Waals surface area contributed by atoms with E-state index in [9.17, 15) is 0 Å². The van der Waals surface area contributed by atoms with Crippen molar-refractivity contribution >= 4 is 45.2 Å². The van der Waals surface area contributed by atoms with Crippen molar-refractivity contribution in [3.8, 4) is 0 Å². The molecule has 2 aromatic heterocycles. The van der Waals surface area contributed by atoms with Crippen LogP contribution < -0.4 is 5.73 Å². The fourth-order valence-electron chi connectivity index (χ4n) is 3.24. The van der Waals surface area contributed by atoms with Gasteiger partial charge in [0, 0.05) is 17.1 Å². The number of ether oxygens (including phenoxy) is 1. The Morgan fingerprint density at radius 2 is 2.11 bits per heavy atom. The molecule has 1 aromatic carbocycles. The second-order valence-corrected chi connectivity index (χ2v) is 9.04. The predicted molar refractivity (Wildman–Crippen MR) is 115 cm³/mol. The van der Waals surface area contributed by atoms with Crippen molar-refractivity contribution in [1.29, 1.82) is 0 Å². The van der Waals surface area contributed by atoms with E-state index >= 15 is 0 Å². The number of nitrogens with two attached hydrogens (primary N) is 1. The van der Waals surface area contributed by atoms with Crippen molar-refractivity contribution in [2.24, 2.45) is 0 Å². The van der Waals surface area contributed by atoms with Gasteiger partial charge in [-0.3, -0.25) is 0 Å². The predicted octanol–water partition coefficient (Wildman–Crippen LogP) is 5.32. The summed E-state index contributed by atoms with van der Waals surface area (Å²) in [5.41, 5.74) is 8.69. The molecule has 0 unspecified atom stereocenters. The number of nitrogen functional groups attached to an aromatic ring is 1. The molecule has 1 atom stereocenters. The Hall–Kier alpha value is -1.89. The van der Waals surface area contributed by atoms with Crippen molar-refractivity contribution in [2.45, 2.75) is 44.1 Å². The monoisotopic (exact) mass is 397 g/mol. The van der Waals surface area contributed by atoms with Gasteiger partial charge in [0.05, 0.1) is 17.6 Å². The number of anilines is 1. The van der Waals surface area contributed by atoms with E-state index in [-0.39, 0.29) is 5.60 Å². The number of nitrogens with zero attached hydrogens (tertiary/aromatic N) is 2. The Kier molecular flexibility index (Phi) is 5.21. The van der Waals surface area contributed by atoms with Gasteiger partial charge in [-0.05, 0) is 24.5 Å². The zero-order valence-corrected chi connectivity index (χ0v) is 17.2. The maximum Gasteiger partial charge on any atom is 0.191 e. The molecule has 3 heterocycles. The topological polar surface area (TPSA) is 61.0 Å². The van der Waals surface area contributed by atoms with Crippen molar-refractivity contribution in [3.63, 3.8) is 0 Å². The van der Waals surface area contributed by atoms with Crippen LogP contribution in [0.4, 0.5) is 5.82 Å². The number of fused-ring (bicyclic) bond motifs is 3. The molecule has 0 spiro atoms. The van der Waals surface area contributed by atoms with Crippen LogP contribution in [0.3, 0.4) is 0 Å². The molecule has 6 heteroatoms. The molecule has 2 N–H and O–H groups in total. The van der Waals surface area contributed by atoms with E-state index in [2.05, 4.69) is 43.1 Å². The molecule has 27 heavy (non-hydrogen) atoms. The molecule has 1 aliphatic rings. The molecular weight excluding hydrogens is 374 g/mol. The highest BCUT2D eigenvalue weighted by Gasteiger charge is 2.32. The zero-order chi connectivity index (χ0) is 18.9. The summed E-state index contributed by atoms with van der Waals surface area (Å²) in [6, 6.07) is 10.3. The largest absolute Gasteiger partial charge is 0.383 e. The fourth-order valence-corrected chi connectivity index (χ4v) is 5.07. The molecule has 0 saturated heterocycles. The molecule has 0 amide bonds. The van der Waals surface area contributed by atoms with Crippen molar-refractivity contribution in [1.82, 2.24) is 9.97 Å². The van der Waals surface area contributed by atoms with Crippen LogP contribution in [-0.2, 0) is 17.8 Å². The Labute approximate surface area is 167 Å². The zero-order valence-electron chi connectivity index (χ0n) is 15.6. The van der Waals surface area contributed by atoms with Crippen LogP contribution in [0.2, 0.25) is 0 Å². The van der Waals surface area contributed by atoms with Gasteiger partial charge in [0.25, 0.3) is 0 Å². The van der Waals surface area contributed by atoms with Gasteiger partial charge in [-0.25, -0.2) is 9.97 Å². The second kappa shape index (κ2) is 7.62. The molecule has 0 bridgehead atoms. The summed E-state index contributed by atoms with van der Waals surface area (Å²) >= 11 is 3.29. The smallest absolute Gasteiger partial charge is 0.191 e. The summed E-state index contributed by atoms with van der Waals surface area (Å²) < 4.78 is 6.07. The van der Waals surface area contributed by atoms with Crippen LogP contribution in [0.25, 0.3) is 16.3 Å². The Balaban J connectivity index is 1.54. The maximum absolute atomic E-state index is 6.33. The van der Waals surface area contributed by atoms with Gasteiger partial charge in [-0.15, -0.1) is 11.3 Å². The Bertz CT molecular complexity index is 984. The number of benzene rings is 1. The normalized spacial score (nSPS) is 19.6. The van der Waals surface area contributed by atoms with Crippen molar-refractivity contribution in [2.75, 3.05) is 11.5 Å². The summed E-state index contributed by atoms with van der Waals surface area (Å²) in [4.78, 5) is 11.5. The van der Waals surface area contributed by atoms with E-state index in [4.69, 9.17) is 15.5 Å². The van der Waals surface area contributed by atoms with Gasteiger partial charge in [0.2, 0.25) is 0 Å². The molecule has 140 valence electrons. The summed E-state index contributed by atoms with van der Waals surface area (Å²) in [5, 5.41) is 1.76. The van der Waals surface area contributed by atoms with Crippen LogP contribution in [-0.4, -0.2) is 21.3 Å². The van der Waals surface area contributed by atoms with Crippen LogP contribution >= 0.6 is 23.1 Å². The van der Waals surface area contributed by atoms with Gasteiger partial charge in [0.15, 0.2) is 5.16 Å². The first-order valence-corrected chi connectivity index (χ1v) is 10.9. The van der Waals surface area contributed by atoms with E-state index in [0.29, 0.717) is 12.4 Å². The average molecular weight is 398 g/mol. The highest BCUT2D eigenvalue weighted by molar-refractivity contribution is 7.99. The van der Waals surface area contributed by atoms with E-state index in [1.807, 2.05) is 18.2 Å². The molecule has 1 aliphatic heterocycles. The van der Waals surface area contributed by atoms with Crippen LogP contribution in [0.5, 0.6) is 0 Å². The van der Waals surface area contributed by atoms with Crippen molar-refractivity contribution < 1.29 is 4.74 Å². The highest BCUT2D eigenvalue weighted by atomic mass is 32.2. The lowest BCUT2D eigenvalue weighted by Gasteiger charge is -2.33. The lowest BCUT2D eigenvalue weighted by Crippen LogP contribution is -2.33. The molecule has 3 aromatic rings. The van der Waals surface area contributed by atoms with Crippen LogP contribution in [0.1, 0.15) is 36.3 Å². The Morgan fingerprint density at radius 1 is 1.30 bits per heavy atom. The molecule has 0 fully saturated rings. The van der Waals surface area contributed by atoms with E-state index in [1.54, 1.807) is 23.1 Å². The average Bonchev–Trinajstić information content (AvgIpc) is 3.04. The minimum absolute atomic E-state index is 0.122. The summed E-state index contributed by atoms with van der Waals surface area (Å²) in [5.74, 6) is 1.40. The van der Waals surface area contributed by atoms with Gasteiger partial charge < -0.3 is 10.5 Å². The minimum Gasteiger partial charge on any atom is -0.383 e. The van der Waals surface area contributed by atoms with Gasteiger partial charge in [-0.1, -0.05) is 61.2 Å². The molecular formula is C21H23N3OS2. The number of hydrogen-bond acceptors (Lipinski definition) is 6. The highest BCUT2D eigenvalue weighted by Crippen LogP contribution is 2.41. The van der Waals surface area contributed by atoms with E-state index < -0.39 is 0 Å². The number of rotatable bonds is 5. The molecule has 0 aliphatic carbocycles. The SMILES string of the molecule is CC[C@@]1(C)Cc2c(sc3nc(SC/C=C\c4ccccc4)nc(N)c23)CO1. The Morgan fingerprint density at radius 3 is 2.89 bits per heavy atom. The van der Waals surface area contributed by atoms with Crippen LogP contribution in [0, 0.1) is 0 Å². The molecule has 0 saturated carbocycles. The van der Waals surface area contributed by atoms with Gasteiger partial charge in [0.1, 0.15) is 10.6 Å². The lowest BCUT2D eigenvalue weighted by atomic mass is 9.90. The van der Waals surface area contributed by atoms with Crippen molar-refractivity contribution in [3.05, 3.63) is 52.4 Å². The first kappa shape index (κ1) is 18.5. The number of thiophene rings is 1. The fraction of sp³-hybridized carbons (Fsp3) is 0.333. The summed E-state index contributed by atoms with van der Waals surface area (Å²) in [6.45, 7) is 4.97. The third-order valence-corrected chi connectivity index (χ3v) is 6.91. The summed E-state index contributed by atoms with van der Waals surface area (Å²) in [6.07, 6.45) is 6.09. The number of hydrogen-bond donors (Lipinski definition) is 1. The molecule has 4 rings (SSSR count). The minimum atomic E-state index is -0.122. The molecule has 4 nitrogen and oxygen atoms in total. The maximum atomic E-state index is 6.33. The first-order chi connectivity index (χ1) is 13.1. The third kappa shape index (κ3) is 3.88. The third-order valence-electron chi connectivity index (χ3n) is 5.01. The van der Waals surface area contributed by atoms with Gasteiger partial charge in [-0.2, -0.15) is 0 Å². The number of thioether (sulfide) groups is 1. The van der Waals surface area contributed by atoms with Gasteiger partial charge >= 0.3 is 0 Å². The second-order valence-electron chi connectivity index (χ2n) is 6.97. The first-order valence-electron chi connectivity index (χ1n) is 9.14. The quantitative estimate of drug-likeness (QED) is 0.466. The lowest BCUT2D eigenvalue weighted by molar-refractivity contribution is -0.0542. The number of aromatic nitrogens is 2. The standard InChI is InChI=1S/C21H23N3OS2/c1-3-21(2)12-15-16(13-25-21)27-19-17(15)18(22)23-20(24-19)26-11-7-10-14-8-5-4-6-9-14/h4-10H,3,11-13H2,1-2H3,(H2,22,23,24)/b10-7-/t21-/m0/s1. The van der Waals surface area contributed by atoms with Crippen LogP contribution in [0.15, 0.2) is 41.6 Å². The van der Waals surface area contributed by atoms with E-state index in [1.165, 1.54) is 16.0 Å². The van der Waals surface area contributed by atoms with E-state index in [0.717, 1.165) is 34.0 Å². The summed E-state index contributed by atoms with van der Waals surface area (Å²) in [7, 11) is 0.